The molecule has 0 saturated heterocycles. The highest BCUT2D eigenvalue weighted by molar-refractivity contribution is 5.95. The lowest BCUT2D eigenvalue weighted by Gasteiger charge is -2.17. The minimum absolute atomic E-state index is 0.00557. The second kappa shape index (κ2) is 6.95. The molecule has 0 aliphatic carbocycles. The van der Waals surface area contributed by atoms with Crippen molar-refractivity contribution in [2.24, 2.45) is 0 Å². The number of para-hydroxylation sites is 1. The van der Waals surface area contributed by atoms with E-state index < -0.39 is 23.8 Å². The number of benzene rings is 2. The zero-order chi connectivity index (χ0) is 17.9. The number of carbonyl (C=O) groups excluding carboxylic acids is 1. The fraction of sp³-hybridized carbons (Fsp3) is 0.278. The summed E-state index contributed by atoms with van der Waals surface area (Å²) in [5.41, 5.74) is 1.66. The first kappa shape index (κ1) is 17.8. The number of aryl methyl sites for hydroxylation is 2. The minimum atomic E-state index is -4.46. The summed E-state index contributed by atoms with van der Waals surface area (Å²) < 4.78 is 43.5. The third kappa shape index (κ3) is 4.28. The topological polar surface area (TPSA) is 38.3 Å². The molecule has 0 heterocycles. The Kier molecular flexibility index (Phi) is 5.17. The molecular formula is C18H18F3NO2. The van der Waals surface area contributed by atoms with Crippen molar-refractivity contribution < 1.29 is 22.7 Å². The van der Waals surface area contributed by atoms with Gasteiger partial charge in [0.15, 0.2) is 6.10 Å². The second-order valence-corrected chi connectivity index (χ2v) is 5.54. The highest BCUT2D eigenvalue weighted by atomic mass is 19.4. The van der Waals surface area contributed by atoms with E-state index in [4.69, 9.17) is 4.74 Å². The van der Waals surface area contributed by atoms with E-state index in [1.54, 1.807) is 0 Å². The third-order valence-electron chi connectivity index (χ3n) is 3.57. The van der Waals surface area contributed by atoms with Gasteiger partial charge < -0.3 is 10.1 Å². The number of hydrogen-bond acceptors (Lipinski definition) is 2. The highest BCUT2D eigenvalue weighted by Gasteiger charge is 2.30. The lowest BCUT2D eigenvalue weighted by Crippen LogP contribution is -2.30. The Morgan fingerprint density at radius 1 is 1.08 bits per heavy atom. The molecule has 1 amide bonds. The van der Waals surface area contributed by atoms with Gasteiger partial charge in [0.05, 0.1) is 5.56 Å². The quantitative estimate of drug-likeness (QED) is 0.876. The standard InChI is InChI=1S/C18H18F3NO2/c1-11-6-4-7-12(2)16(11)22-17(23)13(3)24-15-9-5-8-14(10-15)18(19,20)21/h4-10,13H,1-3H3,(H,22,23). The molecule has 2 aromatic rings. The van der Waals surface area contributed by atoms with Crippen LogP contribution in [-0.2, 0) is 11.0 Å². The molecule has 0 aliphatic heterocycles. The third-order valence-corrected chi connectivity index (χ3v) is 3.57. The average Bonchev–Trinajstić information content (AvgIpc) is 2.50. The van der Waals surface area contributed by atoms with Gasteiger partial charge in [0.25, 0.3) is 5.91 Å². The molecule has 0 saturated carbocycles. The van der Waals surface area contributed by atoms with Crippen molar-refractivity contribution in [3.05, 3.63) is 59.2 Å². The number of ether oxygens (including phenoxy) is 1. The zero-order valence-electron chi connectivity index (χ0n) is 13.6. The number of hydrogen-bond donors (Lipinski definition) is 1. The Hall–Kier alpha value is -2.50. The van der Waals surface area contributed by atoms with E-state index in [1.807, 2.05) is 32.0 Å². The molecule has 2 rings (SSSR count). The molecular weight excluding hydrogens is 319 g/mol. The maximum Gasteiger partial charge on any atom is 0.416 e. The van der Waals surface area contributed by atoms with Crippen LogP contribution in [0.1, 0.15) is 23.6 Å². The molecule has 128 valence electrons. The summed E-state index contributed by atoms with van der Waals surface area (Å²) in [4.78, 5) is 12.2. The van der Waals surface area contributed by atoms with E-state index in [2.05, 4.69) is 5.32 Å². The van der Waals surface area contributed by atoms with E-state index in [9.17, 15) is 18.0 Å². The van der Waals surface area contributed by atoms with Crippen LogP contribution in [-0.4, -0.2) is 12.0 Å². The number of nitrogens with one attached hydrogen (secondary N) is 1. The summed E-state index contributed by atoms with van der Waals surface area (Å²) >= 11 is 0. The Labute approximate surface area is 138 Å². The van der Waals surface area contributed by atoms with Gasteiger partial charge in [0.1, 0.15) is 5.75 Å². The van der Waals surface area contributed by atoms with Gasteiger partial charge >= 0.3 is 6.18 Å². The predicted octanol–water partition coefficient (Wildman–Crippen LogP) is 4.73. The van der Waals surface area contributed by atoms with E-state index in [-0.39, 0.29) is 5.75 Å². The SMILES string of the molecule is Cc1cccc(C)c1NC(=O)C(C)Oc1cccc(C(F)(F)F)c1. The molecule has 0 aromatic heterocycles. The molecule has 0 spiro atoms. The Morgan fingerprint density at radius 3 is 2.25 bits per heavy atom. The first-order chi connectivity index (χ1) is 11.2. The maximum absolute atomic E-state index is 12.7. The molecule has 2 aromatic carbocycles. The Bertz CT molecular complexity index is 721. The average molecular weight is 337 g/mol. The first-order valence-corrected chi connectivity index (χ1v) is 7.39. The van der Waals surface area contributed by atoms with Crippen LogP contribution in [0.15, 0.2) is 42.5 Å². The predicted molar refractivity (Wildman–Crippen MR) is 86.1 cm³/mol. The van der Waals surface area contributed by atoms with Crippen molar-refractivity contribution in [2.75, 3.05) is 5.32 Å². The smallest absolute Gasteiger partial charge is 0.416 e. The molecule has 0 aliphatic rings. The molecule has 3 nitrogen and oxygen atoms in total. The summed E-state index contributed by atoms with van der Waals surface area (Å²) in [6, 6.07) is 10.1. The van der Waals surface area contributed by atoms with Gasteiger partial charge in [-0.2, -0.15) is 13.2 Å². The molecule has 0 bridgehead atoms. The second-order valence-electron chi connectivity index (χ2n) is 5.54. The van der Waals surface area contributed by atoms with Crippen molar-refractivity contribution in [3.63, 3.8) is 0 Å². The van der Waals surface area contributed by atoms with Crippen LogP contribution in [0.2, 0.25) is 0 Å². The molecule has 1 unspecified atom stereocenters. The summed E-state index contributed by atoms with van der Waals surface area (Å²) in [7, 11) is 0. The van der Waals surface area contributed by atoms with Crippen LogP contribution in [0.5, 0.6) is 5.75 Å². The van der Waals surface area contributed by atoms with Crippen LogP contribution in [0.4, 0.5) is 18.9 Å². The maximum atomic E-state index is 12.7. The van der Waals surface area contributed by atoms with Crippen LogP contribution in [0.3, 0.4) is 0 Å². The molecule has 1 atom stereocenters. The zero-order valence-corrected chi connectivity index (χ0v) is 13.6. The molecule has 6 heteroatoms. The van der Waals surface area contributed by atoms with Crippen LogP contribution in [0.25, 0.3) is 0 Å². The minimum Gasteiger partial charge on any atom is -0.481 e. The van der Waals surface area contributed by atoms with Gasteiger partial charge in [-0.3, -0.25) is 4.79 Å². The van der Waals surface area contributed by atoms with Gasteiger partial charge in [0.2, 0.25) is 0 Å². The van der Waals surface area contributed by atoms with Gasteiger partial charge in [-0.05, 0) is 50.1 Å². The van der Waals surface area contributed by atoms with Crippen LogP contribution < -0.4 is 10.1 Å². The number of rotatable bonds is 4. The number of halogens is 3. The van der Waals surface area contributed by atoms with Gasteiger partial charge in [-0.25, -0.2) is 0 Å². The first-order valence-electron chi connectivity index (χ1n) is 7.39. The lowest BCUT2D eigenvalue weighted by molar-refractivity contribution is -0.137. The van der Waals surface area contributed by atoms with E-state index in [0.29, 0.717) is 5.69 Å². The summed E-state index contributed by atoms with van der Waals surface area (Å²) in [5.74, 6) is -0.432. The Balaban J connectivity index is 2.10. The summed E-state index contributed by atoms with van der Waals surface area (Å²) in [6.45, 7) is 5.21. The molecule has 1 N–H and O–H groups in total. The van der Waals surface area contributed by atoms with Crippen molar-refractivity contribution in [1.29, 1.82) is 0 Å². The number of alkyl halides is 3. The number of anilines is 1. The Morgan fingerprint density at radius 2 is 1.67 bits per heavy atom. The van der Waals surface area contributed by atoms with E-state index >= 15 is 0 Å². The highest BCUT2D eigenvalue weighted by Crippen LogP contribution is 2.31. The monoisotopic (exact) mass is 337 g/mol. The largest absolute Gasteiger partial charge is 0.481 e. The molecule has 0 fully saturated rings. The molecule has 24 heavy (non-hydrogen) atoms. The van der Waals surface area contributed by atoms with Crippen molar-refractivity contribution >= 4 is 11.6 Å². The van der Waals surface area contributed by atoms with E-state index in [0.717, 1.165) is 23.3 Å². The fourth-order valence-corrected chi connectivity index (χ4v) is 2.24. The van der Waals surface area contributed by atoms with E-state index in [1.165, 1.54) is 19.1 Å². The van der Waals surface area contributed by atoms with Crippen molar-refractivity contribution in [1.82, 2.24) is 0 Å². The fourth-order valence-electron chi connectivity index (χ4n) is 2.24. The van der Waals surface area contributed by atoms with Crippen LogP contribution >= 0.6 is 0 Å². The number of carbonyl (C=O) groups is 1. The van der Waals surface area contributed by atoms with Crippen LogP contribution in [0, 0.1) is 13.8 Å². The summed E-state index contributed by atoms with van der Waals surface area (Å²) in [6.07, 6.45) is -5.39. The lowest BCUT2D eigenvalue weighted by atomic mass is 10.1. The summed E-state index contributed by atoms with van der Waals surface area (Å²) in [5, 5.41) is 2.76. The molecule has 0 radical (unpaired) electrons. The van der Waals surface area contributed by atoms with Crippen molar-refractivity contribution in [3.8, 4) is 5.75 Å². The normalized spacial score (nSPS) is 12.6. The van der Waals surface area contributed by atoms with Gasteiger partial charge in [-0.1, -0.05) is 24.3 Å². The van der Waals surface area contributed by atoms with Crippen molar-refractivity contribution in [2.45, 2.75) is 33.1 Å². The van der Waals surface area contributed by atoms with Gasteiger partial charge in [-0.15, -0.1) is 0 Å². The number of amides is 1. The van der Waals surface area contributed by atoms with Gasteiger partial charge in [0, 0.05) is 5.69 Å².